The van der Waals surface area contributed by atoms with E-state index in [1.807, 2.05) is 0 Å². The summed E-state index contributed by atoms with van der Waals surface area (Å²) in [5, 5.41) is 0.346. The highest BCUT2D eigenvalue weighted by molar-refractivity contribution is 7.90. The number of morpholine rings is 1. The minimum absolute atomic E-state index is 0.103. The molecule has 0 spiro atoms. The molecule has 1 aliphatic rings. The zero-order valence-corrected chi connectivity index (χ0v) is 19.8. The molecule has 0 N–H and O–H groups in total. The number of halogens is 3. The van der Waals surface area contributed by atoms with Gasteiger partial charge in [0.05, 0.1) is 33.9 Å². The van der Waals surface area contributed by atoms with Crippen LogP contribution in [-0.2, 0) is 20.8 Å². The molecule has 1 amide bonds. The Balaban J connectivity index is 1.66. The first-order valence-electron chi connectivity index (χ1n) is 10.4. The van der Waals surface area contributed by atoms with Gasteiger partial charge in [0.1, 0.15) is 0 Å². The van der Waals surface area contributed by atoms with Crippen molar-refractivity contribution in [1.29, 1.82) is 0 Å². The van der Waals surface area contributed by atoms with Gasteiger partial charge in [-0.25, -0.2) is 13.4 Å². The van der Waals surface area contributed by atoms with E-state index < -0.39 is 27.5 Å². The number of sulfone groups is 1. The van der Waals surface area contributed by atoms with E-state index in [-0.39, 0.29) is 17.0 Å². The molecule has 182 valence electrons. The Hall–Kier alpha value is -2.54. The number of amides is 1. The Morgan fingerprint density at radius 1 is 1.15 bits per heavy atom. The predicted octanol–water partition coefficient (Wildman–Crippen LogP) is 3.70. The first-order chi connectivity index (χ1) is 16.0. The molecule has 4 rings (SSSR count). The van der Waals surface area contributed by atoms with Crippen molar-refractivity contribution in [3.8, 4) is 0 Å². The van der Waals surface area contributed by atoms with E-state index in [1.54, 1.807) is 6.07 Å². The monoisotopic (exact) mass is 513 g/mol. The lowest BCUT2D eigenvalue weighted by molar-refractivity contribution is -0.137. The van der Waals surface area contributed by atoms with Gasteiger partial charge in [0.15, 0.2) is 15.0 Å². The Morgan fingerprint density at radius 3 is 2.44 bits per heavy atom. The Labute approximate surface area is 198 Å². The molecule has 2 aromatic carbocycles. The minimum atomic E-state index is -4.50. The quantitative estimate of drug-likeness (QED) is 0.500. The number of rotatable bonds is 6. The topological polar surface area (TPSA) is 79.8 Å². The van der Waals surface area contributed by atoms with Crippen molar-refractivity contribution in [2.45, 2.75) is 11.1 Å². The third-order valence-corrected chi connectivity index (χ3v) is 7.61. The highest BCUT2D eigenvalue weighted by atomic mass is 32.2. The molecule has 7 nitrogen and oxygen atoms in total. The molecule has 0 radical (unpaired) electrons. The van der Waals surface area contributed by atoms with Gasteiger partial charge in [-0.15, -0.1) is 0 Å². The highest BCUT2D eigenvalue weighted by Crippen LogP contribution is 2.32. The molecule has 0 aliphatic carbocycles. The molecular weight excluding hydrogens is 491 g/mol. The maximum atomic E-state index is 13.4. The molecule has 1 fully saturated rings. The van der Waals surface area contributed by atoms with Gasteiger partial charge in [-0.1, -0.05) is 11.3 Å². The Bertz CT molecular complexity index is 1280. The first kappa shape index (κ1) is 24.6. The van der Waals surface area contributed by atoms with Crippen LogP contribution in [0.15, 0.2) is 47.4 Å². The van der Waals surface area contributed by atoms with Gasteiger partial charge >= 0.3 is 6.18 Å². The highest BCUT2D eigenvalue weighted by Gasteiger charge is 2.31. The number of alkyl halides is 3. The number of benzene rings is 2. The van der Waals surface area contributed by atoms with E-state index in [0.29, 0.717) is 48.2 Å². The second kappa shape index (κ2) is 9.61. The Morgan fingerprint density at radius 2 is 1.82 bits per heavy atom. The average molecular weight is 514 g/mol. The lowest BCUT2D eigenvalue weighted by Gasteiger charge is -2.29. The summed E-state index contributed by atoms with van der Waals surface area (Å²) in [4.78, 5) is 21.6. The lowest BCUT2D eigenvalue weighted by Crippen LogP contribution is -2.43. The normalized spacial score (nSPS) is 15.5. The smallest absolute Gasteiger partial charge is 0.379 e. The zero-order valence-electron chi connectivity index (χ0n) is 18.2. The van der Waals surface area contributed by atoms with Crippen LogP contribution in [0.4, 0.5) is 18.3 Å². The summed E-state index contributed by atoms with van der Waals surface area (Å²) in [6, 6.07) is 8.61. The molecule has 1 saturated heterocycles. The number of carbonyl (C=O) groups is 1. The third kappa shape index (κ3) is 5.57. The number of thiazole rings is 1. The number of hydrogen-bond acceptors (Lipinski definition) is 7. The number of ether oxygens (including phenoxy) is 1. The van der Waals surface area contributed by atoms with Crippen LogP contribution in [-0.4, -0.2) is 69.9 Å². The van der Waals surface area contributed by atoms with Gasteiger partial charge in [0, 0.05) is 38.0 Å². The van der Waals surface area contributed by atoms with Crippen LogP contribution in [0.2, 0.25) is 0 Å². The summed E-state index contributed by atoms with van der Waals surface area (Å²) in [6.45, 7) is 3.38. The van der Waals surface area contributed by atoms with Crippen LogP contribution < -0.4 is 4.90 Å². The predicted molar refractivity (Wildman–Crippen MR) is 123 cm³/mol. The van der Waals surface area contributed by atoms with Gasteiger partial charge in [0.25, 0.3) is 5.91 Å². The molecular formula is C22H22F3N3O4S2. The van der Waals surface area contributed by atoms with Gasteiger partial charge in [-0.3, -0.25) is 14.6 Å². The van der Waals surface area contributed by atoms with Crippen molar-refractivity contribution < 1.29 is 31.1 Å². The molecule has 1 aromatic heterocycles. The van der Waals surface area contributed by atoms with Crippen LogP contribution >= 0.6 is 11.3 Å². The van der Waals surface area contributed by atoms with Gasteiger partial charge in [-0.2, -0.15) is 13.2 Å². The number of hydrogen-bond donors (Lipinski definition) is 0. The van der Waals surface area contributed by atoms with Crippen molar-refractivity contribution in [2.75, 3.05) is 50.5 Å². The maximum Gasteiger partial charge on any atom is 0.416 e. The fourth-order valence-electron chi connectivity index (χ4n) is 3.55. The van der Waals surface area contributed by atoms with Gasteiger partial charge < -0.3 is 4.74 Å². The summed E-state index contributed by atoms with van der Waals surface area (Å²) in [6.07, 6.45) is -3.39. The largest absolute Gasteiger partial charge is 0.416 e. The number of fused-ring (bicyclic) bond motifs is 1. The number of anilines is 1. The molecule has 0 unspecified atom stereocenters. The average Bonchev–Trinajstić information content (AvgIpc) is 3.22. The van der Waals surface area contributed by atoms with Crippen molar-refractivity contribution >= 4 is 42.4 Å². The van der Waals surface area contributed by atoms with Crippen LogP contribution in [0.1, 0.15) is 15.9 Å². The van der Waals surface area contributed by atoms with E-state index >= 15 is 0 Å². The van der Waals surface area contributed by atoms with E-state index in [4.69, 9.17) is 4.74 Å². The maximum absolute atomic E-state index is 13.4. The van der Waals surface area contributed by atoms with Crippen molar-refractivity contribution in [1.82, 2.24) is 9.88 Å². The Kier molecular flexibility index (Phi) is 6.94. The molecule has 0 saturated carbocycles. The van der Waals surface area contributed by atoms with Crippen LogP contribution in [0.25, 0.3) is 10.2 Å². The summed E-state index contributed by atoms with van der Waals surface area (Å²) in [5.41, 5.74) is -0.202. The van der Waals surface area contributed by atoms with E-state index in [2.05, 4.69) is 9.88 Å². The molecule has 1 aliphatic heterocycles. The van der Waals surface area contributed by atoms with Gasteiger partial charge in [0.2, 0.25) is 0 Å². The fourth-order valence-corrected chi connectivity index (χ4v) is 5.30. The second-order valence-electron chi connectivity index (χ2n) is 7.88. The lowest BCUT2D eigenvalue weighted by atomic mass is 10.1. The van der Waals surface area contributed by atoms with Crippen molar-refractivity contribution in [3.05, 3.63) is 53.6 Å². The number of carbonyl (C=O) groups excluding carboxylic acids is 1. The molecule has 0 bridgehead atoms. The second-order valence-corrected chi connectivity index (χ2v) is 10.9. The summed E-state index contributed by atoms with van der Waals surface area (Å²) in [7, 11) is -3.42. The van der Waals surface area contributed by atoms with Crippen LogP contribution in [0.3, 0.4) is 0 Å². The molecule has 2 heterocycles. The van der Waals surface area contributed by atoms with Crippen molar-refractivity contribution in [3.63, 3.8) is 0 Å². The van der Waals surface area contributed by atoms with E-state index in [0.717, 1.165) is 41.9 Å². The van der Waals surface area contributed by atoms with Crippen LogP contribution in [0.5, 0.6) is 0 Å². The fraction of sp³-hybridized carbons (Fsp3) is 0.364. The van der Waals surface area contributed by atoms with E-state index in [1.165, 1.54) is 17.0 Å². The summed E-state index contributed by atoms with van der Waals surface area (Å²) < 4.78 is 68.6. The number of nitrogens with zero attached hydrogens (tertiary/aromatic N) is 3. The molecule has 3 aromatic rings. The van der Waals surface area contributed by atoms with E-state index in [9.17, 15) is 26.4 Å². The van der Waals surface area contributed by atoms with Crippen LogP contribution in [0, 0.1) is 0 Å². The molecule has 12 heteroatoms. The molecule has 0 atom stereocenters. The molecule has 34 heavy (non-hydrogen) atoms. The van der Waals surface area contributed by atoms with Gasteiger partial charge in [-0.05, 0) is 42.5 Å². The van der Waals surface area contributed by atoms with Crippen molar-refractivity contribution in [2.24, 2.45) is 0 Å². The minimum Gasteiger partial charge on any atom is -0.379 e. The summed E-state index contributed by atoms with van der Waals surface area (Å²) in [5.74, 6) is -0.482. The number of aromatic nitrogens is 1. The standard InChI is InChI=1S/C22H22F3N3O4S2/c1-34(30,31)17-6-7-18-19(14-17)33-21(26-18)28(9-8-27-10-12-32-13-11-27)20(29)15-2-4-16(5-3-15)22(23,24)25/h2-7,14H,8-13H2,1H3. The summed E-state index contributed by atoms with van der Waals surface area (Å²) >= 11 is 1.16. The zero-order chi connectivity index (χ0) is 24.5. The SMILES string of the molecule is CS(=O)(=O)c1ccc2nc(N(CCN3CCOCC3)C(=O)c3ccc(C(F)(F)F)cc3)sc2c1. The first-order valence-corrected chi connectivity index (χ1v) is 13.1. The third-order valence-electron chi connectivity index (χ3n) is 5.46.